The Labute approximate surface area is 129 Å². The highest BCUT2D eigenvalue weighted by molar-refractivity contribution is 6.00. The molecule has 0 saturated heterocycles. The van der Waals surface area contributed by atoms with Crippen LogP contribution in [0.5, 0.6) is 0 Å². The number of fused-ring (bicyclic) bond motifs is 3. The standard InChI is InChI=1S/C17H11N3O3/c21-16-15-13(10-6-2-1-3-7-10)14(17(22)23)19-20(15)12-9-5-4-8-11(12)18-16/h1-9H,(H,18,21)(H,22,23). The number of H-pyrrole nitrogens is 1. The number of aromatic carboxylic acids is 1. The minimum absolute atomic E-state index is 0.141. The minimum atomic E-state index is -1.17. The zero-order valence-electron chi connectivity index (χ0n) is 11.9. The van der Waals surface area contributed by atoms with Gasteiger partial charge >= 0.3 is 5.97 Å². The van der Waals surface area contributed by atoms with E-state index < -0.39 is 5.97 Å². The molecule has 6 heteroatoms. The number of carbonyl (C=O) groups is 1. The smallest absolute Gasteiger partial charge is 0.357 e. The average molecular weight is 305 g/mol. The maximum Gasteiger partial charge on any atom is 0.357 e. The molecular formula is C17H11N3O3. The highest BCUT2D eigenvalue weighted by Gasteiger charge is 2.23. The summed E-state index contributed by atoms with van der Waals surface area (Å²) in [5.41, 5.74) is 1.93. The summed E-state index contributed by atoms with van der Waals surface area (Å²) in [5.74, 6) is -1.17. The Morgan fingerprint density at radius 1 is 1.04 bits per heavy atom. The van der Waals surface area contributed by atoms with Gasteiger partial charge in [0.25, 0.3) is 5.56 Å². The van der Waals surface area contributed by atoms with Crippen molar-refractivity contribution < 1.29 is 9.90 Å². The summed E-state index contributed by atoms with van der Waals surface area (Å²) in [6, 6.07) is 16.1. The number of hydrogen-bond acceptors (Lipinski definition) is 3. The average Bonchev–Trinajstić information content (AvgIpc) is 2.97. The van der Waals surface area contributed by atoms with E-state index in [9.17, 15) is 14.7 Å². The van der Waals surface area contributed by atoms with Gasteiger partial charge in [0.1, 0.15) is 5.52 Å². The molecule has 0 aliphatic heterocycles. The lowest BCUT2D eigenvalue weighted by molar-refractivity contribution is 0.0691. The first-order valence-electron chi connectivity index (χ1n) is 6.99. The van der Waals surface area contributed by atoms with Crippen molar-refractivity contribution in [3.05, 3.63) is 70.6 Å². The van der Waals surface area contributed by atoms with E-state index in [2.05, 4.69) is 10.1 Å². The Hall–Kier alpha value is -3.41. The predicted molar refractivity (Wildman–Crippen MR) is 85.7 cm³/mol. The van der Waals surface area contributed by atoms with Crippen LogP contribution in [0, 0.1) is 0 Å². The number of carboxylic acid groups (broad SMARTS) is 1. The number of hydrogen-bond donors (Lipinski definition) is 2. The second kappa shape index (κ2) is 4.81. The van der Waals surface area contributed by atoms with Crippen molar-refractivity contribution in [1.29, 1.82) is 0 Å². The van der Waals surface area contributed by atoms with Crippen molar-refractivity contribution in [2.45, 2.75) is 0 Å². The first-order chi connectivity index (χ1) is 11.2. The lowest BCUT2D eigenvalue weighted by Crippen LogP contribution is -2.11. The molecule has 4 aromatic rings. The molecule has 0 atom stereocenters. The molecule has 2 N–H and O–H groups in total. The van der Waals surface area contributed by atoms with E-state index in [-0.39, 0.29) is 16.8 Å². The molecule has 0 spiro atoms. The minimum Gasteiger partial charge on any atom is -0.476 e. The summed E-state index contributed by atoms with van der Waals surface area (Å²) in [6.07, 6.45) is 0. The van der Waals surface area contributed by atoms with Crippen LogP contribution in [0.4, 0.5) is 0 Å². The first kappa shape index (κ1) is 13.3. The summed E-state index contributed by atoms with van der Waals surface area (Å²) in [7, 11) is 0. The van der Waals surface area contributed by atoms with Crippen molar-refractivity contribution in [1.82, 2.24) is 14.6 Å². The molecule has 2 heterocycles. The molecule has 0 radical (unpaired) electrons. The number of rotatable bonds is 2. The van der Waals surface area contributed by atoms with Gasteiger partial charge in [-0.2, -0.15) is 5.10 Å². The quantitative estimate of drug-likeness (QED) is 0.596. The van der Waals surface area contributed by atoms with Gasteiger partial charge in [-0.25, -0.2) is 9.31 Å². The largest absolute Gasteiger partial charge is 0.476 e. The third-order valence-corrected chi connectivity index (χ3v) is 3.75. The van der Waals surface area contributed by atoms with Crippen molar-refractivity contribution in [3.8, 4) is 11.1 Å². The highest BCUT2D eigenvalue weighted by Crippen LogP contribution is 2.28. The van der Waals surface area contributed by atoms with Crippen LogP contribution in [-0.4, -0.2) is 25.7 Å². The van der Waals surface area contributed by atoms with Gasteiger partial charge in [0.2, 0.25) is 0 Å². The van der Waals surface area contributed by atoms with Crippen molar-refractivity contribution >= 4 is 22.5 Å². The van der Waals surface area contributed by atoms with Gasteiger partial charge in [0.15, 0.2) is 5.69 Å². The summed E-state index contributed by atoms with van der Waals surface area (Å²) in [6.45, 7) is 0. The van der Waals surface area contributed by atoms with E-state index in [0.29, 0.717) is 22.2 Å². The zero-order chi connectivity index (χ0) is 16.0. The number of aromatic amines is 1. The van der Waals surface area contributed by atoms with E-state index in [0.717, 1.165) is 0 Å². The summed E-state index contributed by atoms with van der Waals surface area (Å²) in [4.78, 5) is 26.9. The fourth-order valence-electron chi connectivity index (χ4n) is 2.78. The Morgan fingerprint density at radius 3 is 2.48 bits per heavy atom. The molecule has 0 unspecified atom stereocenters. The van der Waals surface area contributed by atoms with Gasteiger partial charge in [-0.3, -0.25) is 4.79 Å². The maximum absolute atomic E-state index is 12.5. The maximum atomic E-state index is 12.5. The van der Waals surface area contributed by atoms with Crippen molar-refractivity contribution in [2.24, 2.45) is 0 Å². The number of aromatic nitrogens is 3. The van der Waals surface area contributed by atoms with Crippen LogP contribution in [0.15, 0.2) is 59.4 Å². The Morgan fingerprint density at radius 2 is 1.74 bits per heavy atom. The molecule has 2 aromatic carbocycles. The van der Waals surface area contributed by atoms with Crippen molar-refractivity contribution in [2.75, 3.05) is 0 Å². The SMILES string of the molecule is O=C(O)c1nn2c(c1-c1ccccc1)c(=O)[nH]c1ccccc12. The molecule has 112 valence electrons. The van der Waals surface area contributed by atoms with Gasteiger partial charge in [-0.15, -0.1) is 0 Å². The van der Waals surface area contributed by atoms with E-state index in [1.165, 1.54) is 4.52 Å². The lowest BCUT2D eigenvalue weighted by Gasteiger charge is -2.02. The Bertz CT molecular complexity index is 1110. The van der Waals surface area contributed by atoms with Gasteiger partial charge in [0, 0.05) is 5.56 Å². The Balaban J connectivity index is 2.25. The topological polar surface area (TPSA) is 87.5 Å². The second-order valence-electron chi connectivity index (χ2n) is 5.13. The van der Waals surface area contributed by atoms with Crippen LogP contribution in [0.1, 0.15) is 10.5 Å². The summed E-state index contributed by atoms with van der Waals surface area (Å²) >= 11 is 0. The number of benzene rings is 2. The molecule has 0 amide bonds. The number of nitrogens with one attached hydrogen (secondary N) is 1. The molecule has 0 saturated carbocycles. The molecule has 2 aromatic heterocycles. The van der Waals surface area contributed by atoms with E-state index in [1.807, 2.05) is 12.1 Å². The van der Waals surface area contributed by atoms with Crippen LogP contribution >= 0.6 is 0 Å². The Kier molecular flexibility index (Phi) is 2.77. The second-order valence-corrected chi connectivity index (χ2v) is 5.13. The fourth-order valence-corrected chi connectivity index (χ4v) is 2.78. The number of para-hydroxylation sites is 2. The third-order valence-electron chi connectivity index (χ3n) is 3.75. The van der Waals surface area contributed by atoms with Crippen LogP contribution in [-0.2, 0) is 0 Å². The van der Waals surface area contributed by atoms with Crippen LogP contribution in [0.25, 0.3) is 27.7 Å². The predicted octanol–water partition coefficient (Wildman–Crippen LogP) is 2.54. The molecule has 4 rings (SSSR count). The molecule has 0 aliphatic rings. The van der Waals surface area contributed by atoms with Crippen LogP contribution in [0.3, 0.4) is 0 Å². The van der Waals surface area contributed by atoms with Gasteiger partial charge in [-0.1, -0.05) is 42.5 Å². The molecule has 6 nitrogen and oxygen atoms in total. The molecule has 0 aliphatic carbocycles. The molecule has 0 bridgehead atoms. The highest BCUT2D eigenvalue weighted by atomic mass is 16.4. The molecule has 23 heavy (non-hydrogen) atoms. The summed E-state index contributed by atoms with van der Waals surface area (Å²) < 4.78 is 1.40. The molecular weight excluding hydrogens is 294 g/mol. The van der Waals surface area contributed by atoms with E-state index in [4.69, 9.17) is 0 Å². The lowest BCUT2D eigenvalue weighted by atomic mass is 10.0. The van der Waals surface area contributed by atoms with Crippen LogP contribution < -0.4 is 5.56 Å². The van der Waals surface area contributed by atoms with Gasteiger partial charge in [-0.05, 0) is 17.7 Å². The first-order valence-corrected chi connectivity index (χ1v) is 6.99. The van der Waals surface area contributed by atoms with E-state index in [1.54, 1.807) is 42.5 Å². The molecule has 0 fully saturated rings. The third kappa shape index (κ3) is 1.92. The van der Waals surface area contributed by atoms with Crippen LogP contribution in [0.2, 0.25) is 0 Å². The van der Waals surface area contributed by atoms with Gasteiger partial charge in [0.05, 0.1) is 11.0 Å². The van der Waals surface area contributed by atoms with Crippen molar-refractivity contribution in [3.63, 3.8) is 0 Å². The normalized spacial score (nSPS) is 11.1. The summed E-state index contributed by atoms with van der Waals surface area (Å²) in [5, 5.41) is 13.7. The fraction of sp³-hybridized carbons (Fsp3) is 0. The van der Waals surface area contributed by atoms with E-state index >= 15 is 0 Å². The number of nitrogens with zero attached hydrogens (tertiary/aromatic N) is 2. The number of carboxylic acids is 1. The van der Waals surface area contributed by atoms with Gasteiger partial charge < -0.3 is 10.1 Å². The monoisotopic (exact) mass is 305 g/mol. The zero-order valence-corrected chi connectivity index (χ0v) is 11.9.